The number of thiazole rings is 1. The molecule has 0 aliphatic carbocycles. The summed E-state index contributed by atoms with van der Waals surface area (Å²) in [6, 6.07) is 12.1. The summed E-state index contributed by atoms with van der Waals surface area (Å²) in [5.74, 6) is -0.811. The van der Waals surface area contributed by atoms with Crippen LogP contribution in [-0.2, 0) is 4.79 Å². The first-order valence-corrected chi connectivity index (χ1v) is 10.0. The monoisotopic (exact) mass is 400 g/mol. The molecule has 4 rings (SSSR count). The van der Waals surface area contributed by atoms with E-state index in [9.17, 15) is 14.3 Å². The minimum atomic E-state index is -0.750. The molecule has 5 nitrogen and oxygen atoms in total. The third kappa shape index (κ3) is 3.59. The lowest BCUT2D eigenvalue weighted by molar-refractivity contribution is -0.143. The first-order valence-electron chi connectivity index (χ1n) is 9.22. The number of carboxylic acid groups (broad SMARTS) is 1. The van der Waals surface area contributed by atoms with Gasteiger partial charge in [-0.2, -0.15) is 0 Å². The molecule has 3 aromatic rings. The molecule has 1 saturated heterocycles. The highest BCUT2D eigenvalue weighted by molar-refractivity contribution is 7.18. The van der Waals surface area contributed by atoms with Crippen LogP contribution in [0.3, 0.4) is 0 Å². The fourth-order valence-corrected chi connectivity index (χ4v) is 4.94. The highest BCUT2D eigenvalue weighted by Crippen LogP contribution is 2.40. The van der Waals surface area contributed by atoms with Crippen LogP contribution < -0.4 is 4.74 Å². The number of nitrogens with zero attached hydrogens (tertiary/aromatic N) is 2. The number of para-hydroxylation sites is 1. The molecule has 0 saturated carbocycles. The van der Waals surface area contributed by atoms with E-state index < -0.39 is 5.97 Å². The van der Waals surface area contributed by atoms with Crippen molar-refractivity contribution in [3.8, 4) is 5.75 Å². The summed E-state index contributed by atoms with van der Waals surface area (Å²) in [6.45, 7) is 1.22. The predicted molar refractivity (Wildman–Crippen MR) is 106 cm³/mol. The number of likely N-dealkylation sites (tertiary alicyclic amines) is 1. The second kappa shape index (κ2) is 7.85. The summed E-state index contributed by atoms with van der Waals surface area (Å²) >= 11 is 1.58. The van der Waals surface area contributed by atoms with Crippen LogP contribution in [0.15, 0.2) is 42.5 Å². The van der Waals surface area contributed by atoms with Gasteiger partial charge in [0.25, 0.3) is 0 Å². The number of ether oxygens (including phenoxy) is 1. The predicted octanol–water partition coefficient (Wildman–Crippen LogP) is 4.33. The Morgan fingerprint density at radius 3 is 2.71 bits per heavy atom. The molecule has 2 heterocycles. The molecule has 28 heavy (non-hydrogen) atoms. The third-order valence-electron chi connectivity index (χ3n) is 5.27. The van der Waals surface area contributed by atoms with E-state index >= 15 is 0 Å². The number of carbonyl (C=O) groups is 1. The Hall–Kier alpha value is -2.51. The second-order valence-corrected chi connectivity index (χ2v) is 8.02. The van der Waals surface area contributed by atoms with E-state index in [-0.39, 0.29) is 17.8 Å². The lowest BCUT2D eigenvalue weighted by Crippen LogP contribution is -2.39. The Bertz CT molecular complexity index is 965. The van der Waals surface area contributed by atoms with Gasteiger partial charge in [-0.1, -0.05) is 12.1 Å². The van der Waals surface area contributed by atoms with Gasteiger partial charge in [-0.15, -0.1) is 11.3 Å². The normalized spacial score (nSPS) is 16.9. The average molecular weight is 400 g/mol. The summed E-state index contributed by atoms with van der Waals surface area (Å²) in [5, 5.41) is 10.2. The van der Waals surface area contributed by atoms with E-state index in [1.807, 2.05) is 24.3 Å². The summed E-state index contributed by atoms with van der Waals surface area (Å²) in [5.41, 5.74) is 1.62. The van der Waals surface area contributed by atoms with E-state index in [1.165, 1.54) is 12.1 Å². The fourth-order valence-electron chi connectivity index (χ4n) is 3.82. The number of benzene rings is 2. The van der Waals surface area contributed by atoms with Crippen molar-refractivity contribution in [3.05, 3.63) is 58.9 Å². The molecule has 1 atom stereocenters. The van der Waals surface area contributed by atoms with Crippen LogP contribution in [0.25, 0.3) is 10.2 Å². The molecule has 1 fully saturated rings. The minimum absolute atomic E-state index is 0.280. The van der Waals surface area contributed by atoms with Crippen molar-refractivity contribution in [2.45, 2.75) is 18.9 Å². The minimum Gasteiger partial charge on any atom is -0.496 e. The van der Waals surface area contributed by atoms with E-state index in [2.05, 4.69) is 4.90 Å². The maximum Gasteiger partial charge on any atom is 0.306 e. The highest BCUT2D eigenvalue weighted by Gasteiger charge is 2.33. The maximum absolute atomic E-state index is 14.1. The lowest BCUT2D eigenvalue weighted by atomic mass is 9.94. The van der Waals surface area contributed by atoms with Gasteiger partial charge < -0.3 is 9.84 Å². The number of fused-ring (bicyclic) bond motifs is 1. The van der Waals surface area contributed by atoms with Gasteiger partial charge in [-0.3, -0.25) is 9.69 Å². The van der Waals surface area contributed by atoms with Crippen molar-refractivity contribution in [2.24, 2.45) is 5.92 Å². The van der Waals surface area contributed by atoms with Crippen LogP contribution in [0, 0.1) is 11.7 Å². The van der Waals surface area contributed by atoms with Crippen LogP contribution in [0.1, 0.15) is 29.5 Å². The van der Waals surface area contributed by atoms with E-state index in [1.54, 1.807) is 24.5 Å². The molecule has 1 unspecified atom stereocenters. The van der Waals surface area contributed by atoms with Gasteiger partial charge >= 0.3 is 5.97 Å². The number of piperidine rings is 1. The van der Waals surface area contributed by atoms with Crippen LogP contribution in [-0.4, -0.2) is 41.2 Å². The van der Waals surface area contributed by atoms with Gasteiger partial charge in [0.1, 0.15) is 16.6 Å². The Morgan fingerprint density at radius 1 is 1.29 bits per heavy atom. The van der Waals surface area contributed by atoms with Crippen molar-refractivity contribution >= 4 is 27.5 Å². The van der Waals surface area contributed by atoms with Crippen molar-refractivity contribution in [3.63, 3.8) is 0 Å². The summed E-state index contributed by atoms with van der Waals surface area (Å²) in [4.78, 5) is 18.3. The Labute approximate surface area is 166 Å². The van der Waals surface area contributed by atoms with Gasteiger partial charge in [-0.05, 0) is 56.3 Å². The van der Waals surface area contributed by atoms with Gasteiger partial charge in [0, 0.05) is 5.56 Å². The number of methoxy groups -OCH3 is 1. The Kier molecular flexibility index (Phi) is 5.28. The van der Waals surface area contributed by atoms with Gasteiger partial charge in [0.05, 0.1) is 29.3 Å². The highest BCUT2D eigenvalue weighted by atomic mass is 32.1. The molecule has 2 aromatic carbocycles. The van der Waals surface area contributed by atoms with Crippen LogP contribution in [0.5, 0.6) is 5.75 Å². The molecule has 1 aliphatic rings. The van der Waals surface area contributed by atoms with Crippen LogP contribution in [0.2, 0.25) is 0 Å². The van der Waals surface area contributed by atoms with Crippen LogP contribution >= 0.6 is 11.3 Å². The van der Waals surface area contributed by atoms with Crippen molar-refractivity contribution in [1.29, 1.82) is 0 Å². The molecule has 7 heteroatoms. The zero-order valence-electron chi connectivity index (χ0n) is 15.5. The van der Waals surface area contributed by atoms with Crippen LogP contribution in [0.4, 0.5) is 4.39 Å². The van der Waals surface area contributed by atoms with E-state index in [4.69, 9.17) is 9.72 Å². The zero-order valence-corrected chi connectivity index (χ0v) is 16.3. The van der Waals surface area contributed by atoms with E-state index in [0.29, 0.717) is 31.7 Å². The molecular weight excluding hydrogens is 379 g/mol. The quantitative estimate of drug-likeness (QED) is 0.691. The van der Waals surface area contributed by atoms with Crippen molar-refractivity contribution < 1.29 is 19.0 Å². The molecule has 0 radical (unpaired) electrons. The first-order chi connectivity index (χ1) is 13.6. The third-order valence-corrected chi connectivity index (χ3v) is 6.36. The Balaban J connectivity index is 1.77. The average Bonchev–Trinajstić information content (AvgIpc) is 3.12. The lowest BCUT2D eigenvalue weighted by Gasteiger charge is -2.36. The smallest absolute Gasteiger partial charge is 0.306 e. The van der Waals surface area contributed by atoms with Gasteiger partial charge in [0.2, 0.25) is 0 Å². The van der Waals surface area contributed by atoms with Crippen molar-refractivity contribution in [2.75, 3.05) is 20.2 Å². The number of hydrogen-bond donors (Lipinski definition) is 1. The maximum atomic E-state index is 14.1. The number of halogens is 1. The largest absolute Gasteiger partial charge is 0.496 e. The number of carboxylic acids is 1. The van der Waals surface area contributed by atoms with E-state index in [0.717, 1.165) is 20.8 Å². The van der Waals surface area contributed by atoms with Gasteiger partial charge in [0.15, 0.2) is 0 Å². The molecule has 1 N–H and O–H groups in total. The SMILES string of the molecule is COc1ccc(F)cc1C(c1nc2ccccc2s1)N1CCC(C(=O)O)CC1. The van der Waals surface area contributed by atoms with Crippen molar-refractivity contribution in [1.82, 2.24) is 9.88 Å². The summed E-state index contributed by atoms with van der Waals surface area (Å²) in [6.07, 6.45) is 1.13. The second-order valence-electron chi connectivity index (χ2n) is 6.96. The number of aromatic nitrogens is 1. The Morgan fingerprint density at radius 2 is 2.04 bits per heavy atom. The molecule has 1 aromatic heterocycles. The molecule has 146 valence electrons. The van der Waals surface area contributed by atoms with Gasteiger partial charge in [-0.25, -0.2) is 9.37 Å². The molecule has 0 bridgehead atoms. The number of aliphatic carboxylic acids is 1. The summed E-state index contributed by atoms with van der Waals surface area (Å²) in [7, 11) is 1.57. The number of hydrogen-bond acceptors (Lipinski definition) is 5. The molecule has 0 amide bonds. The fraction of sp³-hybridized carbons (Fsp3) is 0.333. The topological polar surface area (TPSA) is 62.7 Å². The summed E-state index contributed by atoms with van der Waals surface area (Å²) < 4.78 is 20.7. The standard InChI is InChI=1S/C21H21FN2O3S/c1-27-17-7-6-14(22)12-15(17)19(24-10-8-13(9-11-24)21(25)26)20-23-16-4-2-3-5-18(16)28-20/h2-7,12-13,19H,8-11H2,1H3,(H,25,26). The molecule has 1 aliphatic heterocycles. The first kappa shape index (κ1) is 18.8. The molecular formula is C21H21FN2O3S. The molecule has 0 spiro atoms. The number of rotatable bonds is 5. The zero-order chi connectivity index (χ0) is 19.7.